The smallest absolute Gasteiger partial charge is 0.273 e. The third-order valence-electron chi connectivity index (χ3n) is 4.94. The lowest BCUT2D eigenvalue weighted by Crippen LogP contribution is -2.30. The van der Waals surface area contributed by atoms with E-state index in [-0.39, 0.29) is 17.7 Å². The van der Waals surface area contributed by atoms with E-state index in [0.29, 0.717) is 28.5 Å². The molecule has 6 heteroatoms. The Morgan fingerprint density at radius 3 is 2.67 bits per heavy atom. The van der Waals surface area contributed by atoms with Gasteiger partial charge >= 0.3 is 0 Å². The molecule has 0 saturated carbocycles. The Morgan fingerprint density at radius 2 is 1.96 bits per heavy atom. The van der Waals surface area contributed by atoms with Crippen LogP contribution in [0.3, 0.4) is 0 Å². The fourth-order valence-corrected chi connectivity index (χ4v) is 3.84. The van der Waals surface area contributed by atoms with Crippen molar-refractivity contribution in [3.63, 3.8) is 0 Å². The van der Waals surface area contributed by atoms with E-state index >= 15 is 0 Å². The first kappa shape index (κ1) is 17.6. The molecule has 1 atom stereocenters. The highest BCUT2D eigenvalue weighted by Crippen LogP contribution is 2.44. The van der Waals surface area contributed by atoms with Crippen LogP contribution in [0, 0.1) is 6.92 Å². The minimum absolute atomic E-state index is 0.0716. The molecule has 0 fully saturated rings. The summed E-state index contributed by atoms with van der Waals surface area (Å²) in [6.07, 6.45) is 0.851. The van der Waals surface area contributed by atoms with Gasteiger partial charge in [0.05, 0.1) is 6.04 Å². The van der Waals surface area contributed by atoms with E-state index in [1.54, 1.807) is 18.2 Å². The molecule has 2 heterocycles. The van der Waals surface area contributed by atoms with Crippen LogP contribution in [0.5, 0.6) is 5.75 Å². The van der Waals surface area contributed by atoms with Gasteiger partial charge in [-0.05, 0) is 37.1 Å². The summed E-state index contributed by atoms with van der Waals surface area (Å²) in [5, 5.41) is 18.1. The number of aromatic amines is 1. The average Bonchev–Trinajstić information content (AvgIpc) is 3.19. The number of carbonyl (C=O) groups is 1. The van der Waals surface area contributed by atoms with Gasteiger partial charge in [0.25, 0.3) is 5.91 Å². The number of aromatic nitrogens is 2. The molecule has 1 aliphatic heterocycles. The monoisotopic (exact) mass is 381 g/mol. The summed E-state index contributed by atoms with van der Waals surface area (Å²) in [6.45, 7) is 4.72. The lowest BCUT2D eigenvalue weighted by atomic mass is 9.95. The Labute approximate surface area is 162 Å². The van der Waals surface area contributed by atoms with E-state index in [0.717, 1.165) is 23.1 Å². The number of fused-ring (bicyclic) bond motifs is 1. The van der Waals surface area contributed by atoms with E-state index in [1.807, 2.05) is 43.0 Å². The van der Waals surface area contributed by atoms with Gasteiger partial charge in [-0.3, -0.25) is 9.89 Å². The SMILES string of the molecule is CCCN1C(=O)c2[nH]nc(-c3cc(Cl)ccc3O)c2C1c1ccc(C)cc1. The molecule has 1 aromatic heterocycles. The number of benzene rings is 2. The summed E-state index contributed by atoms with van der Waals surface area (Å²) in [6, 6.07) is 12.8. The minimum Gasteiger partial charge on any atom is -0.507 e. The molecule has 2 N–H and O–H groups in total. The maximum absolute atomic E-state index is 13.0. The average molecular weight is 382 g/mol. The van der Waals surface area contributed by atoms with E-state index in [2.05, 4.69) is 10.2 Å². The number of phenolic OH excluding ortho intramolecular Hbond substituents is 1. The van der Waals surface area contributed by atoms with Crippen LogP contribution in [0.4, 0.5) is 0 Å². The molecule has 0 saturated heterocycles. The number of aromatic hydroxyl groups is 1. The Balaban J connectivity index is 1.92. The van der Waals surface area contributed by atoms with Crippen molar-refractivity contribution in [2.24, 2.45) is 0 Å². The highest BCUT2D eigenvalue weighted by Gasteiger charge is 2.42. The number of amides is 1. The van der Waals surface area contributed by atoms with Crippen molar-refractivity contribution in [3.05, 3.63) is 69.9 Å². The zero-order valence-electron chi connectivity index (χ0n) is 15.2. The molecule has 27 heavy (non-hydrogen) atoms. The highest BCUT2D eigenvalue weighted by atomic mass is 35.5. The number of hydrogen-bond acceptors (Lipinski definition) is 3. The summed E-state index contributed by atoms with van der Waals surface area (Å²) in [7, 11) is 0. The van der Waals surface area contributed by atoms with Crippen molar-refractivity contribution < 1.29 is 9.90 Å². The van der Waals surface area contributed by atoms with Crippen molar-refractivity contribution in [1.29, 1.82) is 0 Å². The first-order valence-electron chi connectivity index (χ1n) is 8.96. The van der Waals surface area contributed by atoms with E-state index in [1.165, 1.54) is 0 Å². The quantitative estimate of drug-likeness (QED) is 0.688. The fourth-order valence-electron chi connectivity index (χ4n) is 3.67. The van der Waals surface area contributed by atoms with Crippen LogP contribution in [0.1, 0.15) is 46.6 Å². The van der Waals surface area contributed by atoms with Gasteiger partial charge in [-0.15, -0.1) is 0 Å². The van der Waals surface area contributed by atoms with Crippen LogP contribution >= 0.6 is 11.6 Å². The first-order valence-corrected chi connectivity index (χ1v) is 9.33. The Kier molecular flexibility index (Phi) is 4.40. The van der Waals surface area contributed by atoms with Crippen LogP contribution in [0.15, 0.2) is 42.5 Å². The Bertz CT molecular complexity index is 1010. The summed E-state index contributed by atoms with van der Waals surface area (Å²) >= 11 is 6.14. The van der Waals surface area contributed by atoms with Crippen molar-refractivity contribution in [3.8, 4) is 17.0 Å². The minimum atomic E-state index is -0.250. The summed E-state index contributed by atoms with van der Waals surface area (Å²) in [5.41, 5.74) is 4.51. The zero-order chi connectivity index (χ0) is 19.1. The predicted molar refractivity (Wildman–Crippen MR) is 105 cm³/mol. The van der Waals surface area contributed by atoms with Gasteiger partial charge in [0, 0.05) is 22.7 Å². The fraction of sp³-hybridized carbons (Fsp3) is 0.238. The van der Waals surface area contributed by atoms with Gasteiger partial charge in [-0.1, -0.05) is 48.4 Å². The van der Waals surface area contributed by atoms with Gasteiger partial charge in [-0.2, -0.15) is 5.10 Å². The van der Waals surface area contributed by atoms with Crippen LogP contribution in [0.2, 0.25) is 5.02 Å². The number of aryl methyl sites for hydroxylation is 1. The van der Waals surface area contributed by atoms with Crippen LogP contribution in [-0.4, -0.2) is 32.7 Å². The lowest BCUT2D eigenvalue weighted by molar-refractivity contribution is 0.0744. The summed E-state index contributed by atoms with van der Waals surface area (Å²) in [4.78, 5) is 14.9. The normalized spacial score (nSPS) is 16.0. The third-order valence-corrected chi connectivity index (χ3v) is 5.17. The summed E-state index contributed by atoms with van der Waals surface area (Å²) < 4.78 is 0. The van der Waals surface area contributed by atoms with Crippen molar-refractivity contribution in [2.45, 2.75) is 26.3 Å². The van der Waals surface area contributed by atoms with Gasteiger partial charge < -0.3 is 10.0 Å². The maximum Gasteiger partial charge on any atom is 0.273 e. The molecular formula is C21H20ClN3O2. The van der Waals surface area contributed by atoms with E-state index < -0.39 is 0 Å². The molecule has 138 valence electrons. The Morgan fingerprint density at radius 1 is 1.22 bits per heavy atom. The van der Waals surface area contributed by atoms with Gasteiger partial charge in [-0.25, -0.2) is 0 Å². The standard InChI is InChI=1S/C21H20ClN3O2/c1-3-10-25-20(13-6-4-12(2)5-7-13)17-18(23-24-19(17)21(25)27)15-11-14(22)8-9-16(15)26/h4-9,11,20,26H,3,10H2,1-2H3,(H,23,24). The Hall–Kier alpha value is -2.79. The molecule has 1 aliphatic rings. The number of hydrogen-bond donors (Lipinski definition) is 2. The second-order valence-corrected chi connectivity index (χ2v) is 7.27. The van der Waals surface area contributed by atoms with Gasteiger partial charge in [0.15, 0.2) is 0 Å². The summed E-state index contributed by atoms with van der Waals surface area (Å²) in [5.74, 6) is 0.00967. The van der Waals surface area contributed by atoms with E-state index in [4.69, 9.17) is 11.6 Å². The van der Waals surface area contributed by atoms with E-state index in [9.17, 15) is 9.90 Å². The van der Waals surface area contributed by atoms with Crippen molar-refractivity contribution in [2.75, 3.05) is 6.54 Å². The second kappa shape index (κ2) is 6.74. The van der Waals surface area contributed by atoms with Gasteiger partial charge in [0.1, 0.15) is 17.1 Å². The number of halogens is 1. The third kappa shape index (κ3) is 2.88. The van der Waals surface area contributed by atoms with Crippen LogP contribution in [-0.2, 0) is 0 Å². The van der Waals surface area contributed by atoms with Crippen LogP contribution < -0.4 is 0 Å². The molecule has 0 aliphatic carbocycles. The lowest BCUT2D eigenvalue weighted by Gasteiger charge is -2.26. The van der Waals surface area contributed by atoms with Crippen LogP contribution in [0.25, 0.3) is 11.3 Å². The predicted octanol–water partition coefficient (Wildman–Crippen LogP) is 4.70. The highest BCUT2D eigenvalue weighted by molar-refractivity contribution is 6.31. The van der Waals surface area contributed by atoms with Crippen molar-refractivity contribution in [1.82, 2.24) is 15.1 Å². The molecule has 5 nitrogen and oxygen atoms in total. The van der Waals surface area contributed by atoms with Crippen molar-refractivity contribution >= 4 is 17.5 Å². The molecule has 4 rings (SSSR count). The largest absolute Gasteiger partial charge is 0.507 e. The molecule has 0 radical (unpaired) electrons. The maximum atomic E-state index is 13.0. The molecule has 0 spiro atoms. The number of H-pyrrole nitrogens is 1. The molecule has 1 unspecified atom stereocenters. The molecule has 3 aromatic rings. The first-order chi connectivity index (χ1) is 13.0. The zero-order valence-corrected chi connectivity index (χ0v) is 15.9. The van der Waals surface area contributed by atoms with Gasteiger partial charge in [0.2, 0.25) is 0 Å². The number of nitrogens with zero attached hydrogens (tertiary/aromatic N) is 2. The topological polar surface area (TPSA) is 69.2 Å². The molecular weight excluding hydrogens is 362 g/mol. The molecule has 0 bridgehead atoms. The number of phenols is 1. The second-order valence-electron chi connectivity index (χ2n) is 6.83. The number of rotatable bonds is 4. The number of carbonyl (C=O) groups excluding carboxylic acids is 1. The molecule has 2 aromatic carbocycles. The number of nitrogens with one attached hydrogen (secondary N) is 1. The molecule has 1 amide bonds.